The molecule has 1 aromatic rings. The van der Waals surface area contributed by atoms with Gasteiger partial charge >= 0.3 is 0 Å². The first-order valence-electron chi connectivity index (χ1n) is 9.01. The van der Waals surface area contributed by atoms with Crippen LogP contribution in [0, 0.1) is 5.41 Å². The first kappa shape index (κ1) is 14.0. The molecule has 0 saturated carbocycles. The second kappa shape index (κ2) is 4.17. The number of aliphatic hydroxyl groups is 1. The molecule has 4 aliphatic rings. The van der Waals surface area contributed by atoms with Gasteiger partial charge in [0.25, 0.3) is 0 Å². The van der Waals surface area contributed by atoms with Crippen molar-refractivity contribution in [1.82, 2.24) is 4.90 Å². The molecule has 0 radical (unpaired) electrons. The molecule has 3 fully saturated rings. The summed E-state index contributed by atoms with van der Waals surface area (Å²) in [5, 5.41) is 12.0. The number of carbonyl (C=O) groups excluding carboxylic acids is 1. The van der Waals surface area contributed by atoms with Crippen molar-refractivity contribution in [3.05, 3.63) is 29.8 Å². The highest BCUT2D eigenvalue weighted by atomic mass is 16.3. The van der Waals surface area contributed by atoms with E-state index in [1.54, 1.807) is 0 Å². The molecule has 4 aliphatic heterocycles. The minimum absolute atomic E-state index is 0.00340. The van der Waals surface area contributed by atoms with Crippen LogP contribution in [-0.2, 0) is 10.4 Å². The Bertz CT molecular complexity index is 704. The predicted molar refractivity (Wildman–Crippen MR) is 87.9 cm³/mol. The van der Waals surface area contributed by atoms with E-state index >= 15 is 0 Å². The number of hydrogen-bond donors (Lipinski definition) is 1. The van der Waals surface area contributed by atoms with Crippen LogP contribution in [0.3, 0.4) is 0 Å². The summed E-state index contributed by atoms with van der Waals surface area (Å²) in [5.74, 6) is 0.186. The largest absolute Gasteiger partial charge is 0.381 e. The fourth-order valence-electron chi connectivity index (χ4n) is 6.48. The summed E-state index contributed by atoms with van der Waals surface area (Å²) >= 11 is 0. The number of carbonyl (C=O) groups is 1. The third kappa shape index (κ3) is 1.25. The van der Waals surface area contributed by atoms with Gasteiger partial charge < -0.3 is 5.11 Å². The molecule has 5 rings (SSSR count). The lowest BCUT2D eigenvalue weighted by Gasteiger charge is -2.64. The van der Waals surface area contributed by atoms with Crippen LogP contribution >= 0.6 is 0 Å². The molecule has 4 nitrogen and oxygen atoms in total. The highest BCUT2D eigenvalue weighted by Crippen LogP contribution is 2.69. The normalized spacial score (nSPS) is 41.7. The lowest BCUT2D eigenvalue weighted by molar-refractivity contribution is -0.176. The van der Waals surface area contributed by atoms with E-state index in [0.717, 1.165) is 50.0 Å². The van der Waals surface area contributed by atoms with Crippen molar-refractivity contribution in [3.8, 4) is 0 Å². The van der Waals surface area contributed by atoms with Gasteiger partial charge in [-0.15, -0.1) is 0 Å². The van der Waals surface area contributed by atoms with Crippen molar-refractivity contribution in [3.63, 3.8) is 0 Å². The Morgan fingerprint density at radius 2 is 2.00 bits per heavy atom. The van der Waals surface area contributed by atoms with E-state index in [0.29, 0.717) is 6.42 Å². The van der Waals surface area contributed by atoms with Crippen LogP contribution in [0.1, 0.15) is 51.0 Å². The maximum Gasteiger partial charge on any atom is 0.228 e. The summed E-state index contributed by atoms with van der Waals surface area (Å²) in [5.41, 5.74) is 0.451. The first-order chi connectivity index (χ1) is 11.1. The van der Waals surface area contributed by atoms with Gasteiger partial charge in [-0.2, -0.15) is 0 Å². The summed E-state index contributed by atoms with van der Waals surface area (Å²) in [4.78, 5) is 17.5. The number of nitrogens with zero attached hydrogens (tertiary/aromatic N) is 2. The molecule has 3 atom stereocenters. The summed E-state index contributed by atoms with van der Waals surface area (Å²) in [6, 6.07) is 8.04. The molecule has 1 unspecified atom stereocenters. The van der Waals surface area contributed by atoms with E-state index < -0.39 is 11.3 Å². The maximum atomic E-state index is 13.0. The number of benzene rings is 1. The lowest BCUT2D eigenvalue weighted by Crippen LogP contribution is -2.77. The minimum Gasteiger partial charge on any atom is -0.381 e. The summed E-state index contributed by atoms with van der Waals surface area (Å²) < 4.78 is 0. The van der Waals surface area contributed by atoms with Crippen LogP contribution in [-0.4, -0.2) is 34.7 Å². The molecule has 122 valence electrons. The van der Waals surface area contributed by atoms with Crippen molar-refractivity contribution < 1.29 is 9.90 Å². The lowest BCUT2D eigenvalue weighted by atomic mass is 9.57. The van der Waals surface area contributed by atoms with Crippen LogP contribution in [0.25, 0.3) is 0 Å². The third-order valence-corrected chi connectivity index (χ3v) is 7.26. The fraction of sp³-hybridized carbons (Fsp3) is 0.632. The van der Waals surface area contributed by atoms with Gasteiger partial charge in [0.15, 0.2) is 0 Å². The molecule has 0 bridgehead atoms. The average molecular weight is 312 g/mol. The molecule has 4 heteroatoms. The molecular weight excluding hydrogens is 288 g/mol. The maximum absolute atomic E-state index is 13.0. The standard InChI is InChI=1S/C19H24N2O2/c1-2-17-9-5-12-20-13-11-18(23)14-6-3-4-7-15(14)21(19(17,18)20)16(22)8-10-17/h3-4,6-7,23H,2,5,8-13H2,1H3/t17-,18-,19?/m1/s1. The van der Waals surface area contributed by atoms with Gasteiger partial charge in [0.1, 0.15) is 11.3 Å². The highest BCUT2D eigenvalue weighted by Gasteiger charge is 2.77. The van der Waals surface area contributed by atoms with Crippen LogP contribution in [0.15, 0.2) is 24.3 Å². The van der Waals surface area contributed by atoms with Gasteiger partial charge in [-0.3, -0.25) is 14.6 Å². The number of anilines is 1. The molecule has 0 aliphatic carbocycles. The van der Waals surface area contributed by atoms with Gasteiger partial charge in [0.05, 0.1) is 5.69 Å². The molecule has 3 saturated heterocycles. The first-order valence-corrected chi connectivity index (χ1v) is 9.01. The Labute approximate surface area is 137 Å². The van der Waals surface area contributed by atoms with E-state index in [4.69, 9.17) is 0 Å². The zero-order chi connectivity index (χ0) is 15.9. The van der Waals surface area contributed by atoms with Crippen molar-refractivity contribution >= 4 is 11.6 Å². The zero-order valence-corrected chi connectivity index (χ0v) is 13.7. The van der Waals surface area contributed by atoms with Gasteiger partial charge in [0.2, 0.25) is 5.91 Å². The topological polar surface area (TPSA) is 43.8 Å². The van der Waals surface area contributed by atoms with Crippen molar-refractivity contribution in [2.75, 3.05) is 18.0 Å². The quantitative estimate of drug-likeness (QED) is 0.867. The summed E-state index contributed by atoms with van der Waals surface area (Å²) in [6.45, 7) is 4.12. The Morgan fingerprint density at radius 1 is 1.17 bits per heavy atom. The van der Waals surface area contributed by atoms with Crippen LogP contribution in [0.2, 0.25) is 0 Å². The Morgan fingerprint density at radius 3 is 2.83 bits per heavy atom. The Kier molecular flexibility index (Phi) is 2.54. The van der Waals surface area contributed by atoms with E-state index in [1.165, 1.54) is 6.42 Å². The smallest absolute Gasteiger partial charge is 0.228 e. The van der Waals surface area contributed by atoms with Crippen molar-refractivity contribution in [1.29, 1.82) is 0 Å². The number of para-hydroxylation sites is 1. The SMILES string of the molecule is CC[C@@]12CCCN3CC[C@@]4(O)c5ccccc5N(C(=O)CC1)C324. The molecular formula is C19H24N2O2. The highest BCUT2D eigenvalue weighted by molar-refractivity contribution is 5.99. The number of amides is 1. The molecule has 1 N–H and O–H groups in total. The van der Waals surface area contributed by atoms with Crippen LogP contribution in [0.4, 0.5) is 5.69 Å². The average Bonchev–Trinajstić information content (AvgIpc) is 3.00. The number of piperidine rings is 2. The van der Waals surface area contributed by atoms with E-state index in [1.807, 2.05) is 29.2 Å². The zero-order valence-electron chi connectivity index (χ0n) is 13.7. The minimum atomic E-state index is -0.921. The second-order valence-electron chi connectivity index (χ2n) is 7.75. The molecule has 4 heterocycles. The molecule has 0 aromatic heterocycles. The van der Waals surface area contributed by atoms with Gasteiger partial charge in [-0.1, -0.05) is 25.1 Å². The molecule has 1 spiro atoms. The van der Waals surface area contributed by atoms with Crippen molar-refractivity contribution in [2.24, 2.45) is 5.41 Å². The van der Waals surface area contributed by atoms with E-state index in [2.05, 4.69) is 11.8 Å². The molecule has 23 heavy (non-hydrogen) atoms. The second-order valence-corrected chi connectivity index (χ2v) is 7.75. The van der Waals surface area contributed by atoms with E-state index in [-0.39, 0.29) is 11.3 Å². The third-order valence-electron chi connectivity index (χ3n) is 7.26. The molecule has 1 aromatic carbocycles. The van der Waals surface area contributed by atoms with Gasteiger partial charge in [-0.05, 0) is 38.2 Å². The van der Waals surface area contributed by atoms with Crippen LogP contribution < -0.4 is 4.90 Å². The number of rotatable bonds is 1. The number of hydrogen-bond acceptors (Lipinski definition) is 3. The van der Waals surface area contributed by atoms with Crippen LogP contribution in [0.5, 0.6) is 0 Å². The summed E-state index contributed by atoms with van der Waals surface area (Å²) in [6.07, 6.45) is 5.54. The monoisotopic (exact) mass is 312 g/mol. The molecule has 1 amide bonds. The van der Waals surface area contributed by atoms with E-state index in [9.17, 15) is 9.90 Å². The summed E-state index contributed by atoms with van der Waals surface area (Å²) in [7, 11) is 0. The van der Waals surface area contributed by atoms with Gasteiger partial charge in [-0.25, -0.2) is 0 Å². The fourth-order valence-corrected chi connectivity index (χ4v) is 6.48. The number of fused-ring (bicyclic) bond motifs is 3. The Balaban J connectivity index is 1.87. The predicted octanol–water partition coefficient (Wildman–Crippen LogP) is 2.61. The Hall–Kier alpha value is -1.39. The van der Waals surface area contributed by atoms with Gasteiger partial charge in [0, 0.05) is 30.5 Å². The van der Waals surface area contributed by atoms with Crippen molar-refractivity contribution in [2.45, 2.75) is 56.7 Å².